The minimum atomic E-state index is -1.27. The summed E-state index contributed by atoms with van der Waals surface area (Å²) in [7, 11) is 0. The second kappa shape index (κ2) is 16.5. The van der Waals surface area contributed by atoms with Gasteiger partial charge in [-0.1, -0.05) is 70.0 Å². The topological polar surface area (TPSA) is 125 Å². The third-order valence-electron chi connectivity index (χ3n) is 9.58. The molecule has 3 heterocycles. The number of hydrogen-bond acceptors (Lipinski definition) is 7. The van der Waals surface area contributed by atoms with Gasteiger partial charge in [0.15, 0.2) is 0 Å². The predicted octanol–water partition coefficient (Wildman–Crippen LogP) is 5.14. The van der Waals surface area contributed by atoms with Crippen LogP contribution in [0.3, 0.4) is 0 Å². The molecule has 2 N–H and O–H groups in total. The fourth-order valence-electron chi connectivity index (χ4n) is 7.38. The Bertz CT molecular complexity index is 1530. The normalized spacial score (nSPS) is 25.8. The number of carbonyl (C=O) groups excluding carboxylic acids is 4. The lowest BCUT2D eigenvalue weighted by molar-refractivity contribution is -0.145. The molecule has 1 unspecified atom stereocenters. The Morgan fingerprint density at radius 1 is 1.12 bits per heavy atom. The zero-order chi connectivity index (χ0) is 35.1. The van der Waals surface area contributed by atoms with Crippen molar-refractivity contribution in [1.29, 1.82) is 0 Å². The van der Waals surface area contributed by atoms with Crippen LogP contribution in [0.25, 0.3) is 0 Å². The summed E-state index contributed by atoms with van der Waals surface area (Å²) < 4.78 is 12.2. The first kappa shape index (κ1) is 36.8. The highest BCUT2D eigenvalue weighted by Crippen LogP contribution is 2.60. The molecular weight excluding hydrogens is 714 g/mol. The number of hydrogen-bond donors (Lipinski definition) is 2. The van der Waals surface area contributed by atoms with E-state index in [0.717, 1.165) is 5.56 Å². The Balaban J connectivity index is 1.47. The number of aliphatic hydroxyl groups is 1. The highest BCUT2D eigenvalue weighted by Gasteiger charge is 2.76. The molecular formula is C37H43BrClN3O7. The average molecular weight is 757 g/mol. The molecule has 262 valence electrons. The maximum absolute atomic E-state index is 14.7. The summed E-state index contributed by atoms with van der Waals surface area (Å²) >= 11 is 9.89. The molecule has 5 rings (SSSR count). The van der Waals surface area contributed by atoms with Crippen LogP contribution in [-0.4, -0.2) is 82.6 Å². The summed E-state index contributed by atoms with van der Waals surface area (Å²) in [6.45, 7) is 7.87. The summed E-state index contributed by atoms with van der Waals surface area (Å²) in [6.07, 6.45) is 5.37. The Morgan fingerprint density at radius 2 is 1.86 bits per heavy atom. The van der Waals surface area contributed by atoms with Crippen LogP contribution in [0.5, 0.6) is 0 Å². The van der Waals surface area contributed by atoms with Gasteiger partial charge in [-0.3, -0.25) is 19.2 Å². The van der Waals surface area contributed by atoms with Gasteiger partial charge in [0.05, 0.1) is 24.0 Å². The van der Waals surface area contributed by atoms with Gasteiger partial charge in [0.1, 0.15) is 18.2 Å². The molecule has 0 saturated carbocycles. The number of rotatable bonds is 17. The standard InChI is InChI=1S/C37H43BrClN3O7/c1-3-5-14-29(44)48-23-28(24-12-8-6-9-13-24)40-34(45)30-31-35(46)42(20-10-7-11-21-43)33(37(31)22-27(38)32(30)49-37)36(47)41(19-4-2)26-17-15-25(39)16-18-26/h3-4,6,8-9,12-13,15-18,27-28,30-33,43H,1-2,5,7,10-11,14,19-23H2,(H,40,45)/t27?,28-,30-,31+,32-,33-,37+/m0/s1. The number of anilines is 1. The van der Waals surface area contributed by atoms with E-state index in [1.54, 1.807) is 46.2 Å². The van der Waals surface area contributed by atoms with E-state index in [0.29, 0.717) is 42.8 Å². The van der Waals surface area contributed by atoms with Crippen molar-refractivity contribution >= 4 is 56.9 Å². The number of esters is 1. The summed E-state index contributed by atoms with van der Waals surface area (Å²) in [5.74, 6) is -3.30. The zero-order valence-corrected chi connectivity index (χ0v) is 29.7. The van der Waals surface area contributed by atoms with Gasteiger partial charge in [0.2, 0.25) is 11.8 Å². The van der Waals surface area contributed by atoms with Gasteiger partial charge < -0.3 is 29.7 Å². The number of likely N-dealkylation sites (tertiary alicyclic amines) is 1. The van der Waals surface area contributed by atoms with Gasteiger partial charge in [0.25, 0.3) is 5.91 Å². The lowest BCUT2D eigenvalue weighted by atomic mass is 9.70. The molecule has 3 amide bonds. The predicted molar refractivity (Wildman–Crippen MR) is 190 cm³/mol. The molecule has 0 aromatic heterocycles. The van der Waals surface area contributed by atoms with Crippen molar-refractivity contribution in [2.24, 2.45) is 11.8 Å². The van der Waals surface area contributed by atoms with Crippen LogP contribution in [0.15, 0.2) is 79.9 Å². The Hall–Kier alpha value is -3.51. The third-order valence-corrected chi connectivity index (χ3v) is 10.7. The van der Waals surface area contributed by atoms with Crippen LogP contribution in [0.1, 0.15) is 50.1 Å². The Kier molecular flexibility index (Phi) is 12.4. The van der Waals surface area contributed by atoms with E-state index in [1.165, 1.54) is 0 Å². The molecule has 3 fully saturated rings. The average Bonchev–Trinajstić information content (AvgIpc) is 3.70. The highest BCUT2D eigenvalue weighted by atomic mass is 79.9. The first-order chi connectivity index (χ1) is 23.7. The number of allylic oxidation sites excluding steroid dienone is 1. The number of carbonyl (C=O) groups is 4. The van der Waals surface area contributed by atoms with Crippen molar-refractivity contribution in [2.75, 3.05) is 31.2 Å². The Labute approximate surface area is 300 Å². The maximum Gasteiger partial charge on any atom is 0.306 e. The summed E-state index contributed by atoms with van der Waals surface area (Å²) in [5, 5.41) is 12.9. The maximum atomic E-state index is 14.7. The zero-order valence-electron chi connectivity index (χ0n) is 27.3. The number of unbranched alkanes of at least 4 members (excludes halogenated alkanes) is 2. The van der Waals surface area contributed by atoms with Crippen molar-refractivity contribution in [2.45, 2.75) is 67.1 Å². The molecule has 3 aliphatic heterocycles. The van der Waals surface area contributed by atoms with Gasteiger partial charge in [0, 0.05) is 41.7 Å². The van der Waals surface area contributed by atoms with Crippen molar-refractivity contribution in [3.63, 3.8) is 0 Å². The second-order valence-corrected chi connectivity index (χ2v) is 14.3. The molecule has 3 aliphatic rings. The molecule has 0 aliphatic carbocycles. The Morgan fingerprint density at radius 3 is 2.53 bits per heavy atom. The van der Waals surface area contributed by atoms with Crippen LogP contribution >= 0.6 is 27.5 Å². The second-order valence-electron chi connectivity index (χ2n) is 12.7. The monoisotopic (exact) mass is 755 g/mol. The fraction of sp³-hybridized carbons (Fsp3) is 0.459. The molecule has 2 aromatic carbocycles. The number of nitrogens with one attached hydrogen (secondary N) is 1. The number of amides is 3. The smallest absolute Gasteiger partial charge is 0.306 e. The SMILES string of the molecule is C=CCCC(=O)OC[C@H](NC(=O)[C@@H]1[C@H]2O[C@@]3(CC2Br)[C@H](C(=O)N(CC=C)c2ccc(Cl)cc2)N(CCCCCO)C(=O)[C@@H]13)c1ccccc1. The van der Waals surface area contributed by atoms with Crippen molar-refractivity contribution < 1.29 is 33.8 Å². The van der Waals surface area contributed by atoms with E-state index < -0.39 is 47.5 Å². The van der Waals surface area contributed by atoms with Gasteiger partial charge in [-0.2, -0.15) is 0 Å². The van der Waals surface area contributed by atoms with Gasteiger partial charge >= 0.3 is 5.97 Å². The highest BCUT2D eigenvalue weighted by molar-refractivity contribution is 9.09. The van der Waals surface area contributed by atoms with E-state index in [1.807, 2.05) is 30.3 Å². The van der Waals surface area contributed by atoms with E-state index in [-0.39, 0.29) is 49.4 Å². The molecule has 0 radical (unpaired) electrons. The van der Waals surface area contributed by atoms with E-state index in [2.05, 4.69) is 34.4 Å². The van der Waals surface area contributed by atoms with Crippen molar-refractivity contribution in [3.8, 4) is 0 Å². The summed E-state index contributed by atoms with van der Waals surface area (Å²) in [6, 6.07) is 14.4. The van der Waals surface area contributed by atoms with Gasteiger partial charge in [-0.25, -0.2) is 0 Å². The van der Waals surface area contributed by atoms with Gasteiger partial charge in [-0.15, -0.1) is 13.2 Å². The minimum Gasteiger partial charge on any atom is -0.463 e. The summed E-state index contributed by atoms with van der Waals surface area (Å²) in [5.41, 5.74) is 0.0605. The lowest BCUT2D eigenvalue weighted by Crippen LogP contribution is -2.57. The number of ether oxygens (including phenoxy) is 2. The molecule has 12 heteroatoms. The van der Waals surface area contributed by atoms with E-state index in [4.69, 9.17) is 21.1 Å². The fourth-order valence-corrected chi connectivity index (χ4v) is 8.45. The summed E-state index contributed by atoms with van der Waals surface area (Å²) in [4.78, 5) is 58.8. The molecule has 2 bridgehead atoms. The first-order valence-corrected chi connectivity index (χ1v) is 18.0. The van der Waals surface area contributed by atoms with Crippen LogP contribution in [0.2, 0.25) is 5.02 Å². The van der Waals surface area contributed by atoms with Crippen LogP contribution in [0.4, 0.5) is 5.69 Å². The van der Waals surface area contributed by atoms with E-state index >= 15 is 0 Å². The number of benzene rings is 2. The number of alkyl halides is 1. The van der Waals surface area contributed by atoms with Crippen LogP contribution < -0.4 is 10.2 Å². The minimum absolute atomic E-state index is 0.0248. The number of halogens is 2. The third kappa shape index (κ3) is 7.65. The largest absolute Gasteiger partial charge is 0.463 e. The molecule has 7 atom stereocenters. The lowest BCUT2D eigenvalue weighted by Gasteiger charge is -2.37. The molecule has 1 spiro atoms. The van der Waals surface area contributed by atoms with E-state index in [9.17, 15) is 24.3 Å². The van der Waals surface area contributed by atoms with Crippen LogP contribution in [0, 0.1) is 11.8 Å². The number of aliphatic hydroxyl groups excluding tert-OH is 1. The molecule has 3 saturated heterocycles. The molecule has 2 aromatic rings. The van der Waals surface area contributed by atoms with Crippen molar-refractivity contribution in [3.05, 3.63) is 90.5 Å². The van der Waals surface area contributed by atoms with Crippen LogP contribution in [-0.2, 0) is 28.7 Å². The molecule has 49 heavy (non-hydrogen) atoms. The van der Waals surface area contributed by atoms with Crippen molar-refractivity contribution in [1.82, 2.24) is 10.2 Å². The van der Waals surface area contributed by atoms with Gasteiger partial charge in [-0.05, 0) is 61.9 Å². The first-order valence-electron chi connectivity index (χ1n) is 16.7. The number of fused-ring (bicyclic) bond motifs is 1. The number of nitrogens with zero attached hydrogens (tertiary/aromatic N) is 2. The molecule has 10 nitrogen and oxygen atoms in total. The quantitative estimate of drug-likeness (QED) is 0.0993.